The third kappa shape index (κ3) is 4.56. The molecule has 1 heterocycles. The van der Waals surface area contributed by atoms with Crippen LogP contribution in [0.4, 0.5) is 0 Å². The number of amides is 1. The average molecular weight is 238 g/mol. The molecule has 0 spiro atoms. The Balaban J connectivity index is 2.68. The standard InChI is InChI=1S/C12H22N4O/c1-9(5-11(13)17)16-8-14-6-10(16)7-15-12(2,3)4/h6,8-9,15H,5,7H2,1-4H3,(H2,13,17). The van der Waals surface area contributed by atoms with E-state index in [4.69, 9.17) is 5.73 Å². The van der Waals surface area contributed by atoms with Gasteiger partial charge in [0.05, 0.1) is 12.0 Å². The molecule has 0 saturated heterocycles. The van der Waals surface area contributed by atoms with Crippen molar-refractivity contribution < 1.29 is 4.79 Å². The van der Waals surface area contributed by atoms with E-state index in [-0.39, 0.29) is 17.5 Å². The summed E-state index contributed by atoms with van der Waals surface area (Å²) in [5.74, 6) is -0.291. The van der Waals surface area contributed by atoms with E-state index < -0.39 is 0 Å². The van der Waals surface area contributed by atoms with Gasteiger partial charge >= 0.3 is 0 Å². The smallest absolute Gasteiger partial charge is 0.219 e. The van der Waals surface area contributed by atoms with Gasteiger partial charge in [0.2, 0.25) is 5.91 Å². The van der Waals surface area contributed by atoms with Crippen LogP contribution in [0.25, 0.3) is 0 Å². The molecule has 1 unspecified atom stereocenters. The van der Waals surface area contributed by atoms with Gasteiger partial charge < -0.3 is 15.6 Å². The topological polar surface area (TPSA) is 72.9 Å². The Hall–Kier alpha value is -1.36. The van der Waals surface area contributed by atoms with Gasteiger partial charge in [0.25, 0.3) is 0 Å². The number of rotatable bonds is 5. The first-order chi connectivity index (χ1) is 7.79. The molecule has 5 heteroatoms. The van der Waals surface area contributed by atoms with Crippen molar-refractivity contribution in [3.63, 3.8) is 0 Å². The summed E-state index contributed by atoms with van der Waals surface area (Å²) in [7, 11) is 0. The summed E-state index contributed by atoms with van der Waals surface area (Å²) in [6.45, 7) is 9.03. The fourth-order valence-electron chi connectivity index (χ4n) is 1.61. The molecule has 0 aromatic carbocycles. The minimum absolute atomic E-state index is 0.0479. The van der Waals surface area contributed by atoms with Gasteiger partial charge in [-0.2, -0.15) is 0 Å². The summed E-state index contributed by atoms with van der Waals surface area (Å²) < 4.78 is 1.99. The SMILES string of the molecule is CC(CC(N)=O)n1cncc1CNC(C)(C)C. The van der Waals surface area contributed by atoms with Gasteiger partial charge in [-0.1, -0.05) is 0 Å². The predicted molar refractivity (Wildman–Crippen MR) is 67.3 cm³/mol. The van der Waals surface area contributed by atoms with Crippen LogP contribution < -0.4 is 11.1 Å². The van der Waals surface area contributed by atoms with Gasteiger partial charge in [-0.05, 0) is 27.7 Å². The number of imidazole rings is 1. The highest BCUT2D eigenvalue weighted by Gasteiger charge is 2.14. The van der Waals surface area contributed by atoms with Crippen LogP contribution in [0.5, 0.6) is 0 Å². The molecule has 5 nitrogen and oxygen atoms in total. The Morgan fingerprint density at radius 3 is 2.76 bits per heavy atom. The van der Waals surface area contributed by atoms with Crippen molar-refractivity contribution in [2.75, 3.05) is 0 Å². The van der Waals surface area contributed by atoms with Crippen LogP contribution in [0.3, 0.4) is 0 Å². The molecule has 1 aromatic rings. The van der Waals surface area contributed by atoms with E-state index >= 15 is 0 Å². The van der Waals surface area contributed by atoms with Crippen LogP contribution in [0.1, 0.15) is 45.9 Å². The lowest BCUT2D eigenvalue weighted by atomic mass is 10.1. The molecule has 0 bridgehead atoms. The van der Waals surface area contributed by atoms with Crippen LogP contribution in [0.15, 0.2) is 12.5 Å². The zero-order valence-electron chi connectivity index (χ0n) is 11.0. The average Bonchev–Trinajstić information content (AvgIpc) is 2.60. The van der Waals surface area contributed by atoms with Crippen molar-refractivity contribution in [2.45, 2.75) is 52.2 Å². The van der Waals surface area contributed by atoms with Crippen LogP contribution in [-0.4, -0.2) is 21.0 Å². The number of hydrogen-bond acceptors (Lipinski definition) is 3. The first-order valence-corrected chi connectivity index (χ1v) is 5.83. The normalized spacial score (nSPS) is 13.6. The second-order valence-electron chi connectivity index (χ2n) is 5.42. The highest BCUT2D eigenvalue weighted by molar-refractivity contribution is 5.74. The van der Waals surface area contributed by atoms with Gasteiger partial charge in [-0.15, -0.1) is 0 Å². The van der Waals surface area contributed by atoms with E-state index in [1.165, 1.54) is 0 Å². The molecule has 1 amide bonds. The second kappa shape index (κ2) is 5.31. The predicted octanol–water partition coefficient (Wildman–Crippen LogP) is 1.21. The van der Waals surface area contributed by atoms with E-state index in [9.17, 15) is 4.79 Å². The lowest BCUT2D eigenvalue weighted by molar-refractivity contribution is -0.118. The van der Waals surface area contributed by atoms with E-state index in [1.807, 2.05) is 17.7 Å². The Kier molecular flexibility index (Phi) is 4.28. The number of aromatic nitrogens is 2. The van der Waals surface area contributed by atoms with Crippen LogP contribution in [0, 0.1) is 0 Å². The molecule has 3 N–H and O–H groups in total. The summed E-state index contributed by atoms with van der Waals surface area (Å²) in [6, 6.07) is 0.0479. The fourth-order valence-corrected chi connectivity index (χ4v) is 1.61. The van der Waals surface area contributed by atoms with Crippen molar-refractivity contribution in [2.24, 2.45) is 5.73 Å². The molecule has 1 atom stereocenters. The number of nitrogens with zero attached hydrogens (tertiary/aromatic N) is 2. The van der Waals surface area contributed by atoms with E-state index in [2.05, 4.69) is 31.1 Å². The van der Waals surface area contributed by atoms with E-state index in [0.29, 0.717) is 6.42 Å². The van der Waals surface area contributed by atoms with Gasteiger partial charge in [-0.25, -0.2) is 4.98 Å². The highest BCUT2D eigenvalue weighted by atomic mass is 16.1. The molecule has 0 aliphatic heterocycles. The maximum Gasteiger partial charge on any atom is 0.219 e. The third-order valence-electron chi connectivity index (χ3n) is 2.52. The Labute approximate surface area is 102 Å². The third-order valence-corrected chi connectivity index (χ3v) is 2.52. The summed E-state index contributed by atoms with van der Waals surface area (Å²) in [5.41, 5.74) is 6.33. The van der Waals surface area contributed by atoms with Gasteiger partial charge in [0, 0.05) is 30.7 Å². The molecule has 0 radical (unpaired) electrons. The molecule has 0 aliphatic carbocycles. The molecule has 1 aromatic heterocycles. The van der Waals surface area contributed by atoms with Crippen LogP contribution in [0.2, 0.25) is 0 Å². The van der Waals surface area contributed by atoms with E-state index in [0.717, 1.165) is 12.2 Å². The molecule has 0 saturated carbocycles. The van der Waals surface area contributed by atoms with Crippen LogP contribution in [-0.2, 0) is 11.3 Å². The minimum atomic E-state index is -0.291. The van der Waals surface area contributed by atoms with Crippen molar-refractivity contribution in [1.82, 2.24) is 14.9 Å². The number of nitrogens with two attached hydrogens (primary N) is 1. The summed E-state index contributed by atoms with van der Waals surface area (Å²) in [6.07, 6.45) is 3.89. The number of nitrogens with one attached hydrogen (secondary N) is 1. The lowest BCUT2D eigenvalue weighted by Crippen LogP contribution is -2.35. The van der Waals surface area contributed by atoms with Crippen molar-refractivity contribution in [3.8, 4) is 0 Å². The van der Waals surface area contributed by atoms with Crippen molar-refractivity contribution in [3.05, 3.63) is 18.2 Å². The molecule has 17 heavy (non-hydrogen) atoms. The first kappa shape index (κ1) is 13.7. The first-order valence-electron chi connectivity index (χ1n) is 5.83. The summed E-state index contributed by atoms with van der Waals surface area (Å²) in [5, 5.41) is 3.40. The van der Waals surface area contributed by atoms with E-state index in [1.54, 1.807) is 6.33 Å². The minimum Gasteiger partial charge on any atom is -0.370 e. The number of carbonyl (C=O) groups is 1. The maximum absolute atomic E-state index is 10.9. The molecular weight excluding hydrogens is 216 g/mol. The van der Waals surface area contributed by atoms with Crippen LogP contribution >= 0.6 is 0 Å². The lowest BCUT2D eigenvalue weighted by Gasteiger charge is -2.22. The fraction of sp³-hybridized carbons (Fsp3) is 0.667. The van der Waals surface area contributed by atoms with Gasteiger partial charge in [0.15, 0.2) is 0 Å². The monoisotopic (exact) mass is 238 g/mol. The molecule has 0 fully saturated rings. The maximum atomic E-state index is 10.9. The summed E-state index contributed by atoms with van der Waals surface area (Å²) in [4.78, 5) is 15.0. The largest absolute Gasteiger partial charge is 0.370 e. The number of carbonyl (C=O) groups excluding carboxylic acids is 1. The quantitative estimate of drug-likeness (QED) is 0.809. The Bertz CT molecular complexity index is 378. The second-order valence-corrected chi connectivity index (χ2v) is 5.42. The van der Waals surface area contributed by atoms with Gasteiger partial charge in [0.1, 0.15) is 0 Å². The molecule has 0 aliphatic rings. The number of primary amides is 1. The zero-order chi connectivity index (χ0) is 13.1. The van der Waals surface area contributed by atoms with Gasteiger partial charge in [-0.3, -0.25) is 4.79 Å². The highest BCUT2D eigenvalue weighted by Crippen LogP contribution is 2.14. The molecule has 96 valence electrons. The Morgan fingerprint density at radius 2 is 2.24 bits per heavy atom. The Morgan fingerprint density at radius 1 is 1.59 bits per heavy atom. The zero-order valence-corrected chi connectivity index (χ0v) is 11.0. The summed E-state index contributed by atoms with van der Waals surface area (Å²) >= 11 is 0. The number of hydrogen-bond donors (Lipinski definition) is 2. The van der Waals surface area contributed by atoms with Crippen molar-refractivity contribution >= 4 is 5.91 Å². The van der Waals surface area contributed by atoms with Crippen molar-refractivity contribution in [1.29, 1.82) is 0 Å². The molecule has 1 rings (SSSR count). The molecular formula is C12H22N4O.